The zero-order chi connectivity index (χ0) is 11.0. The molecule has 2 aromatic rings. The van der Waals surface area contributed by atoms with Crippen LogP contribution in [0, 0.1) is 0 Å². The maximum atomic E-state index is 4.56. The second-order valence-electron chi connectivity index (χ2n) is 4.56. The van der Waals surface area contributed by atoms with Crippen molar-refractivity contribution in [1.29, 1.82) is 0 Å². The van der Waals surface area contributed by atoms with Gasteiger partial charge >= 0.3 is 0 Å². The molecule has 0 unspecified atom stereocenters. The van der Waals surface area contributed by atoms with Crippen molar-refractivity contribution in [1.82, 2.24) is 15.0 Å². The summed E-state index contributed by atoms with van der Waals surface area (Å²) < 4.78 is 0. The molecule has 0 saturated heterocycles. The fourth-order valence-corrected chi connectivity index (χ4v) is 1.52. The van der Waals surface area contributed by atoms with Crippen molar-refractivity contribution in [2.75, 3.05) is 0 Å². The van der Waals surface area contributed by atoms with E-state index in [2.05, 4.69) is 48.7 Å². The third-order valence-electron chi connectivity index (χ3n) is 2.59. The largest absolute Gasteiger partial charge is 0.342 e. The summed E-state index contributed by atoms with van der Waals surface area (Å²) in [7, 11) is 0. The number of H-pyrrole nitrogens is 1. The zero-order valence-corrected chi connectivity index (χ0v) is 9.70. The van der Waals surface area contributed by atoms with Crippen molar-refractivity contribution in [3.05, 3.63) is 23.7 Å². The molecule has 0 aromatic carbocycles. The molecule has 0 radical (unpaired) electrons. The van der Waals surface area contributed by atoms with Crippen molar-refractivity contribution in [2.24, 2.45) is 0 Å². The van der Waals surface area contributed by atoms with E-state index in [0.29, 0.717) is 11.8 Å². The summed E-state index contributed by atoms with van der Waals surface area (Å²) in [6, 6.07) is 2.08. The molecular formula is C12H17N3. The van der Waals surface area contributed by atoms with Gasteiger partial charge in [-0.15, -0.1) is 0 Å². The summed E-state index contributed by atoms with van der Waals surface area (Å²) in [4.78, 5) is 12.3. The molecule has 0 fully saturated rings. The smallest absolute Gasteiger partial charge is 0.156 e. The highest BCUT2D eigenvalue weighted by atomic mass is 14.9. The van der Waals surface area contributed by atoms with E-state index in [1.165, 1.54) is 5.69 Å². The van der Waals surface area contributed by atoms with Gasteiger partial charge in [0.15, 0.2) is 5.65 Å². The van der Waals surface area contributed by atoms with Crippen LogP contribution >= 0.6 is 0 Å². The second-order valence-corrected chi connectivity index (χ2v) is 4.56. The summed E-state index contributed by atoms with van der Waals surface area (Å²) in [6.45, 7) is 8.58. The Morgan fingerprint density at radius 2 is 1.87 bits per heavy atom. The van der Waals surface area contributed by atoms with Crippen LogP contribution in [0.15, 0.2) is 12.3 Å². The molecule has 3 nitrogen and oxygen atoms in total. The Morgan fingerprint density at radius 1 is 1.13 bits per heavy atom. The highest BCUT2D eigenvalue weighted by Crippen LogP contribution is 2.19. The van der Waals surface area contributed by atoms with E-state index in [9.17, 15) is 0 Å². The molecule has 0 bridgehead atoms. The number of hydrogen-bond acceptors (Lipinski definition) is 2. The number of aromatic amines is 1. The quantitative estimate of drug-likeness (QED) is 0.814. The average molecular weight is 203 g/mol. The number of aromatic nitrogens is 3. The lowest BCUT2D eigenvalue weighted by Crippen LogP contribution is -1.94. The normalized spacial score (nSPS) is 11.9. The molecule has 80 valence electrons. The van der Waals surface area contributed by atoms with Gasteiger partial charge in [0, 0.05) is 11.9 Å². The lowest BCUT2D eigenvalue weighted by Gasteiger charge is -2.02. The van der Waals surface area contributed by atoms with Crippen LogP contribution < -0.4 is 0 Å². The fourth-order valence-electron chi connectivity index (χ4n) is 1.52. The van der Waals surface area contributed by atoms with E-state index in [0.717, 1.165) is 16.9 Å². The number of fused-ring (bicyclic) bond motifs is 1. The standard InChI is InChI=1S/C12H17N3/c1-7(2)9-5-10-12(14-9)15-11(6-13-10)8(3)4/h5-8H,1-4H3,(H,14,15). The molecule has 0 aliphatic heterocycles. The minimum Gasteiger partial charge on any atom is -0.342 e. The first-order valence-electron chi connectivity index (χ1n) is 5.43. The first kappa shape index (κ1) is 10.1. The maximum Gasteiger partial charge on any atom is 0.156 e. The maximum absolute atomic E-state index is 4.56. The average Bonchev–Trinajstić information content (AvgIpc) is 2.59. The third-order valence-corrected chi connectivity index (χ3v) is 2.59. The molecule has 2 rings (SSSR count). The predicted molar refractivity (Wildman–Crippen MR) is 62.1 cm³/mol. The van der Waals surface area contributed by atoms with Crippen molar-refractivity contribution in [3.63, 3.8) is 0 Å². The molecule has 1 N–H and O–H groups in total. The molecule has 3 heteroatoms. The van der Waals surface area contributed by atoms with Gasteiger partial charge in [0.2, 0.25) is 0 Å². The van der Waals surface area contributed by atoms with Crippen LogP contribution in [-0.4, -0.2) is 15.0 Å². The Hall–Kier alpha value is -1.38. The first-order chi connectivity index (χ1) is 7.08. The second kappa shape index (κ2) is 3.65. The molecule has 0 atom stereocenters. The molecule has 0 amide bonds. The summed E-state index contributed by atoms with van der Waals surface area (Å²) in [5.74, 6) is 0.913. The summed E-state index contributed by atoms with van der Waals surface area (Å²) in [6.07, 6.45) is 1.87. The van der Waals surface area contributed by atoms with E-state index in [1.54, 1.807) is 0 Å². The summed E-state index contributed by atoms with van der Waals surface area (Å²) in [5, 5.41) is 0. The Kier molecular flexibility index (Phi) is 2.47. The molecule has 15 heavy (non-hydrogen) atoms. The van der Waals surface area contributed by atoms with Gasteiger partial charge < -0.3 is 4.98 Å². The lowest BCUT2D eigenvalue weighted by atomic mass is 10.1. The lowest BCUT2D eigenvalue weighted by molar-refractivity contribution is 0.815. The van der Waals surface area contributed by atoms with Crippen molar-refractivity contribution < 1.29 is 0 Å². The molecule has 2 aromatic heterocycles. The zero-order valence-electron chi connectivity index (χ0n) is 9.70. The van der Waals surface area contributed by atoms with Crippen LogP contribution in [0.2, 0.25) is 0 Å². The molecule has 0 aliphatic rings. The van der Waals surface area contributed by atoms with Crippen LogP contribution in [0.3, 0.4) is 0 Å². The fraction of sp³-hybridized carbons (Fsp3) is 0.500. The first-order valence-corrected chi connectivity index (χ1v) is 5.43. The SMILES string of the molecule is CC(C)c1cnc2cc(C(C)C)[nH]c2n1. The minimum atomic E-state index is 0.424. The van der Waals surface area contributed by atoms with E-state index in [4.69, 9.17) is 0 Å². The van der Waals surface area contributed by atoms with E-state index >= 15 is 0 Å². The topological polar surface area (TPSA) is 41.6 Å². The Bertz CT molecular complexity index is 463. The minimum absolute atomic E-state index is 0.424. The van der Waals surface area contributed by atoms with Gasteiger partial charge in [0.1, 0.15) is 5.52 Å². The van der Waals surface area contributed by atoms with Gasteiger partial charge in [0.05, 0.1) is 5.69 Å². The third kappa shape index (κ3) is 1.87. The van der Waals surface area contributed by atoms with Crippen LogP contribution in [0.1, 0.15) is 50.9 Å². The highest BCUT2D eigenvalue weighted by Gasteiger charge is 2.08. The number of hydrogen-bond donors (Lipinski definition) is 1. The monoisotopic (exact) mass is 203 g/mol. The van der Waals surface area contributed by atoms with Gasteiger partial charge in [-0.2, -0.15) is 0 Å². The van der Waals surface area contributed by atoms with Crippen molar-refractivity contribution in [2.45, 2.75) is 39.5 Å². The molecule has 0 aliphatic carbocycles. The van der Waals surface area contributed by atoms with Crippen molar-refractivity contribution >= 4 is 11.2 Å². The van der Waals surface area contributed by atoms with E-state index in [-0.39, 0.29) is 0 Å². The van der Waals surface area contributed by atoms with E-state index in [1.807, 2.05) is 6.20 Å². The van der Waals surface area contributed by atoms with Gasteiger partial charge in [-0.3, -0.25) is 4.98 Å². The Labute approximate surface area is 90.0 Å². The van der Waals surface area contributed by atoms with Crippen molar-refractivity contribution in [3.8, 4) is 0 Å². The predicted octanol–water partition coefficient (Wildman–Crippen LogP) is 3.20. The number of nitrogens with one attached hydrogen (secondary N) is 1. The van der Waals surface area contributed by atoms with Crippen LogP contribution in [0.25, 0.3) is 11.2 Å². The van der Waals surface area contributed by atoms with Gasteiger partial charge in [-0.05, 0) is 17.9 Å². The number of nitrogens with zero attached hydrogens (tertiary/aromatic N) is 2. The van der Waals surface area contributed by atoms with Crippen LogP contribution in [0.5, 0.6) is 0 Å². The van der Waals surface area contributed by atoms with Gasteiger partial charge in [-0.25, -0.2) is 4.98 Å². The Morgan fingerprint density at radius 3 is 2.47 bits per heavy atom. The molecule has 0 saturated carbocycles. The van der Waals surface area contributed by atoms with E-state index < -0.39 is 0 Å². The molecule has 0 spiro atoms. The number of rotatable bonds is 2. The van der Waals surface area contributed by atoms with Gasteiger partial charge in [-0.1, -0.05) is 27.7 Å². The molecule has 2 heterocycles. The highest BCUT2D eigenvalue weighted by molar-refractivity contribution is 5.71. The van der Waals surface area contributed by atoms with Crippen LogP contribution in [-0.2, 0) is 0 Å². The summed E-state index contributed by atoms with van der Waals surface area (Å²) >= 11 is 0. The Balaban J connectivity index is 2.52. The van der Waals surface area contributed by atoms with Gasteiger partial charge in [0.25, 0.3) is 0 Å². The van der Waals surface area contributed by atoms with Crippen LogP contribution in [0.4, 0.5) is 0 Å². The summed E-state index contributed by atoms with van der Waals surface area (Å²) in [5.41, 5.74) is 4.11. The molecular weight excluding hydrogens is 186 g/mol.